The number of nitrogens with zero attached hydrogens (tertiary/aromatic N) is 1. The van der Waals surface area contributed by atoms with Crippen LogP contribution in [0.25, 0.3) is 10.9 Å². The van der Waals surface area contributed by atoms with E-state index < -0.39 is 34.9 Å². The van der Waals surface area contributed by atoms with Crippen LogP contribution in [-0.2, 0) is 9.53 Å². The SMILES string of the molecule is O=C(COC(=O)c1cc(=O)[nH]c2ccccc12)NNC(=O)c1ccc([N+](=O)[O-])cc1. The number of rotatable bonds is 5. The Labute approximate surface area is 167 Å². The average molecular weight is 410 g/mol. The molecule has 152 valence electrons. The largest absolute Gasteiger partial charge is 0.452 e. The van der Waals surface area contributed by atoms with Gasteiger partial charge < -0.3 is 9.72 Å². The molecule has 0 aliphatic rings. The fourth-order valence-electron chi connectivity index (χ4n) is 2.55. The van der Waals surface area contributed by atoms with Crippen LogP contribution in [0, 0.1) is 10.1 Å². The first-order chi connectivity index (χ1) is 14.3. The molecule has 0 atom stereocenters. The Morgan fingerprint density at radius 1 is 1.03 bits per heavy atom. The van der Waals surface area contributed by atoms with Gasteiger partial charge in [0.15, 0.2) is 6.61 Å². The minimum atomic E-state index is -0.880. The molecule has 0 fully saturated rings. The maximum absolute atomic E-state index is 12.3. The van der Waals surface area contributed by atoms with E-state index in [-0.39, 0.29) is 16.8 Å². The predicted molar refractivity (Wildman–Crippen MR) is 104 cm³/mol. The molecule has 0 saturated carbocycles. The first kappa shape index (κ1) is 20.2. The van der Waals surface area contributed by atoms with Crippen molar-refractivity contribution in [2.75, 3.05) is 6.61 Å². The highest BCUT2D eigenvalue weighted by Gasteiger charge is 2.15. The number of aromatic amines is 1. The number of hydrogen-bond acceptors (Lipinski definition) is 7. The van der Waals surface area contributed by atoms with Crippen LogP contribution >= 0.6 is 0 Å². The van der Waals surface area contributed by atoms with Crippen molar-refractivity contribution < 1.29 is 24.0 Å². The van der Waals surface area contributed by atoms with Crippen LogP contribution in [0.4, 0.5) is 5.69 Å². The summed E-state index contributed by atoms with van der Waals surface area (Å²) in [6.45, 7) is -0.708. The Morgan fingerprint density at radius 3 is 2.43 bits per heavy atom. The first-order valence-corrected chi connectivity index (χ1v) is 8.48. The van der Waals surface area contributed by atoms with E-state index in [1.165, 1.54) is 12.1 Å². The number of carbonyl (C=O) groups excluding carboxylic acids is 3. The number of esters is 1. The van der Waals surface area contributed by atoms with Crippen molar-refractivity contribution in [3.05, 3.63) is 86.2 Å². The number of carbonyl (C=O) groups is 3. The summed E-state index contributed by atoms with van der Waals surface area (Å²) in [6.07, 6.45) is 0. The van der Waals surface area contributed by atoms with Crippen LogP contribution in [0.3, 0.4) is 0 Å². The Bertz CT molecular complexity index is 1200. The van der Waals surface area contributed by atoms with Gasteiger partial charge in [0.25, 0.3) is 17.5 Å². The van der Waals surface area contributed by atoms with Crippen molar-refractivity contribution in [1.82, 2.24) is 15.8 Å². The predicted octanol–water partition coefficient (Wildman–Crippen LogP) is 1.05. The number of non-ortho nitro benzene ring substituents is 1. The Kier molecular flexibility index (Phi) is 5.82. The maximum atomic E-state index is 12.3. The number of H-pyrrole nitrogens is 1. The lowest BCUT2D eigenvalue weighted by molar-refractivity contribution is -0.384. The third-order valence-corrected chi connectivity index (χ3v) is 3.96. The van der Waals surface area contributed by atoms with Crippen molar-refractivity contribution in [3.8, 4) is 0 Å². The van der Waals surface area contributed by atoms with E-state index in [9.17, 15) is 29.3 Å². The Hall–Kier alpha value is -4.54. The number of nitro benzene ring substituents is 1. The molecule has 1 heterocycles. The quantitative estimate of drug-likeness (QED) is 0.322. The monoisotopic (exact) mass is 410 g/mol. The lowest BCUT2D eigenvalue weighted by atomic mass is 10.1. The third-order valence-electron chi connectivity index (χ3n) is 3.96. The second kappa shape index (κ2) is 8.65. The average Bonchev–Trinajstić information content (AvgIpc) is 2.75. The molecule has 0 spiro atoms. The highest BCUT2D eigenvalue weighted by molar-refractivity contribution is 6.03. The maximum Gasteiger partial charge on any atom is 0.339 e. The van der Waals surface area contributed by atoms with Crippen molar-refractivity contribution >= 4 is 34.4 Å². The number of amides is 2. The van der Waals surface area contributed by atoms with Gasteiger partial charge in [-0.05, 0) is 18.2 Å². The Balaban J connectivity index is 1.56. The van der Waals surface area contributed by atoms with E-state index in [0.717, 1.165) is 18.2 Å². The second-order valence-electron chi connectivity index (χ2n) is 5.98. The lowest BCUT2D eigenvalue weighted by Crippen LogP contribution is -2.43. The molecule has 30 heavy (non-hydrogen) atoms. The number of ether oxygens (including phenoxy) is 1. The number of para-hydroxylation sites is 1. The molecule has 0 unspecified atom stereocenters. The molecule has 0 aliphatic carbocycles. The molecule has 2 aromatic carbocycles. The normalized spacial score (nSPS) is 10.3. The van der Waals surface area contributed by atoms with E-state index >= 15 is 0 Å². The molecule has 3 aromatic rings. The summed E-state index contributed by atoms with van der Waals surface area (Å²) in [5, 5.41) is 11.1. The lowest BCUT2D eigenvalue weighted by Gasteiger charge is -2.09. The molecule has 0 aliphatic heterocycles. The van der Waals surface area contributed by atoms with E-state index in [1.54, 1.807) is 24.3 Å². The fourth-order valence-corrected chi connectivity index (χ4v) is 2.55. The number of fused-ring (bicyclic) bond motifs is 1. The van der Waals surface area contributed by atoms with Crippen LogP contribution in [0.15, 0.2) is 59.4 Å². The molecule has 3 N–H and O–H groups in total. The van der Waals surface area contributed by atoms with Gasteiger partial charge in [-0.3, -0.25) is 35.3 Å². The molecular weight excluding hydrogens is 396 g/mol. The summed E-state index contributed by atoms with van der Waals surface area (Å²) in [7, 11) is 0. The summed E-state index contributed by atoms with van der Waals surface area (Å²) >= 11 is 0. The van der Waals surface area contributed by atoms with Crippen LogP contribution < -0.4 is 16.4 Å². The molecule has 11 nitrogen and oxygen atoms in total. The zero-order chi connectivity index (χ0) is 21.7. The number of hydrogen-bond donors (Lipinski definition) is 3. The number of hydrazine groups is 1. The molecule has 1 aromatic heterocycles. The van der Waals surface area contributed by atoms with Gasteiger partial charge in [-0.15, -0.1) is 0 Å². The molecule has 2 amide bonds. The first-order valence-electron chi connectivity index (χ1n) is 8.48. The number of nitrogens with one attached hydrogen (secondary N) is 3. The molecule has 0 saturated heterocycles. The van der Waals surface area contributed by atoms with Gasteiger partial charge in [-0.2, -0.15) is 0 Å². The molecule has 0 radical (unpaired) electrons. The highest BCUT2D eigenvalue weighted by atomic mass is 16.6. The smallest absolute Gasteiger partial charge is 0.339 e. The minimum absolute atomic E-state index is 0.00272. The van der Waals surface area contributed by atoms with Crippen LogP contribution in [-0.4, -0.2) is 34.3 Å². The number of benzene rings is 2. The van der Waals surface area contributed by atoms with Gasteiger partial charge in [0.2, 0.25) is 5.56 Å². The van der Waals surface area contributed by atoms with E-state index in [0.29, 0.717) is 10.9 Å². The van der Waals surface area contributed by atoms with Gasteiger partial charge in [0.1, 0.15) is 0 Å². The van der Waals surface area contributed by atoms with Gasteiger partial charge >= 0.3 is 5.97 Å². The topological polar surface area (TPSA) is 161 Å². The fraction of sp³-hybridized carbons (Fsp3) is 0.0526. The van der Waals surface area contributed by atoms with Gasteiger partial charge in [-0.1, -0.05) is 18.2 Å². The highest BCUT2D eigenvalue weighted by Crippen LogP contribution is 2.15. The summed E-state index contributed by atoms with van der Waals surface area (Å²) in [4.78, 5) is 60.3. The van der Waals surface area contributed by atoms with Crippen molar-refractivity contribution in [2.24, 2.45) is 0 Å². The number of aromatic nitrogens is 1. The molecule has 3 rings (SSSR count). The van der Waals surface area contributed by atoms with Gasteiger partial charge in [0, 0.05) is 34.7 Å². The van der Waals surface area contributed by atoms with Crippen LogP contribution in [0.2, 0.25) is 0 Å². The van der Waals surface area contributed by atoms with Crippen LogP contribution in [0.5, 0.6) is 0 Å². The van der Waals surface area contributed by atoms with Crippen molar-refractivity contribution in [1.29, 1.82) is 0 Å². The zero-order valence-electron chi connectivity index (χ0n) is 15.2. The van der Waals surface area contributed by atoms with Crippen LogP contribution in [0.1, 0.15) is 20.7 Å². The minimum Gasteiger partial charge on any atom is -0.452 e. The summed E-state index contributed by atoms with van der Waals surface area (Å²) in [5.41, 5.74) is 3.98. The number of pyridine rings is 1. The summed E-state index contributed by atoms with van der Waals surface area (Å²) in [6, 6.07) is 12.4. The van der Waals surface area contributed by atoms with Gasteiger partial charge in [-0.25, -0.2) is 4.79 Å². The van der Waals surface area contributed by atoms with Crippen molar-refractivity contribution in [3.63, 3.8) is 0 Å². The van der Waals surface area contributed by atoms with E-state index in [2.05, 4.69) is 15.8 Å². The third kappa shape index (κ3) is 4.65. The van der Waals surface area contributed by atoms with E-state index in [4.69, 9.17) is 4.74 Å². The summed E-state index contributed by atoms with van der Waals surface area (Å²) < 4.78 is 4.90. The molecular formula is C19H14N4O7. The standard InChI is InChI=1S/C19H14N4O7/c24-16-9-14(13-3-1-2-4-15(13)20-16)19(27)30-10-17(25)21-22-18(26)11-5-7-12(8-6-11)23(28)29/h1-9H,10H2,(H,20,24)(H,21,25)(H,22,26). The van der Waals surface area contributed by atoms with E-state index in [1.807, 2.05) is 0 Å². The molecule has 11 heteroatoms. The number of nitro groups is 1. The Morgan fingerprint density at radius 2 is 1.73 bits per heavy atom. The van der Waals surface area contributed by atoms with Crippen molar-refractivity contribution in [2.45, 2.75) is 0 Å². The zero-order valence-corrected chi connectivity index (χ0v) is 15.2. The van der Waals surface area contributed by atoms with Gasteiger partial charge in [0.05, 0.1) is 10.5 Å². The molecule has 0 bridgehead atoms. The summed E-state index contributed by atoms with van der Waals surface area (Å²) in [5.74, 6) is -2.42. The second-order valence-corrected chi connectivity index (χ2v) is 5.98.